The Bertz CT molecular complexity index is 417. The Morgan fingerprint density at radius 1 is 1.53 bits per heavy atom. The molecule has 6 heteroatoms. The molecule has 2 rings (SSSR count). The van der Waals surface area contributed by atoms with Crippen LogP contribution in [0.5, 0.6) is 0 Å². The zero-order chi connectivity index (χ0) is 13.7. The summed E-state index contributed by atoms with van der Waals surface area (Å²) in [6, 6.07) is 1.73. The van der Waals surface area contributed by atoms with E-state index in [0.29, 0.717) is 36.2 Å². The SMILES string of the molecule is CCOCc1nc(Cl)cc(NCC2CCOC2C)n1. The van der Waals surface area contributed by atoms with Gasteiger partial charge < -0.3 is 14.8 Å². The van der Waals surface area contributed by atoms with Crippen molar-refractivity contribution in [2.45, 2.75) is 33.0 Å². The molecule has 2 unspecified atom stereocenters. The first-order valence-corrected chi connectivity index (χ1v) is 7.03. The van der Waals surface area contributed by atoms with Gasteiger partial charge in [-0.2, -0.15) is 0 Å². The van der Waals surface area contributed by atoms with Crippen LogP contribution in [0.3, 0.4) is 0 Å². The number of hydrogen-bond acceptors (Lipinski definition) is 5. The summed E-state index contributed by atoms with van der Waals surface area (Å²) in [6.07, 6.45) is 1.38. The lowest BCUT2D eigenvalue weighted by atomic mass is 10.0. The van der Waals surface area contributed by atoms with Crippen LogP contribution in [-0.4, -0.2) is 35.8 Å². The summed E-state index contributed by atoms with van der Waals surface area (Å²) < 4.78 is 10.8. The first-order valence-electron chi connectivity index (χ1n) is 6.65. The molecule has 106 valence electrons. The number of hydrogen-bond donors (Lipinski definition) is 1. The molecule has 0 bridgehead atoms. The highest BCUT2D eigenvalue weighted by molar-refractivity contribution is 6.29. The summed E-state index contributed by atoms with van der Waals surface area (Å²) in [6.45, 7) is 6.73. The maximum absolute atomic E-state index is 5.98. The molecule has 0 aromatic carbocycles. The van der Waals surface area contributed by atoms with Gasteiger partial charge in [0.15, 0.2) is 5.82 Å². The maximum Gasteiger partial charge on any atom is 0.158 e. The molecule has 1 aliphatic rings. The summed E-state index contributed by atoms with van der Waals surface area (Å²) in [4.78, 5) is 8.52. The van der Waals surface area contributed by atoms with E-state index in [0.717, 1.165) is 25.4 Å². The summed E-state index contributed by atoms with van der Waals surface area (Å²) in [5, 5.41) is 3.74. The molecule has 5 nitrogen and oxygen atoms in total. The number of nitrogens with zero attached hydrogens (tertiary/aromatic N) is 2. The minimum Gasteiger partial charge on any atom is -0.378 e. The fourth-order valence-electron chi connectivity index (χ4n) is 2.09. The molecule has 1 aromatic rings. The van der Waals surface area contributed by atoms with E-state index < -0.39 is 0 Å². The van der Waals surface area contributed by atoms with Crippen molar-refractivity contribution in [1.29, 1.82) is 0 Å². The molecule has 0 radical (unpaired) electrons. The summed E-state index contributed by atoms with van der Waals surface area (Å²) in [5.74, 6) is 1.87. The van der Waals surface area contributed by atoms with Gasteiger partial charge in [0.2, 0.25) is 0 Å². The van der Waals surface area contributed by atoms with Crippen molar-refractivity contribution in [3.63, 3.8) is 0 Å². The Hall–Kier alpha value is -0.910. The monoisotopic (exact) mass is 285 g/mol. The third-order valence-electron chi connectivity index (χ3n) is 3.26. The van der Waals surface area contributed by atoms with Gasteiger partial charge in [0.1, 0.15) is 17.6 Å². The van der Waals surface area contributed by atoms with Gasteiger partial charge in [-0.1, -0.05) is 11.6 Å². The largest absolute Gasteiger partial charge is 0.378 e. The minimum absolute atomic E-state index is 0.299. The molecule has 19 heavy (non-hydrogen) atoms. The zero-order valence-electron chi connectivity index (χ0n) is 11.4. The second-order valence-electron chi connectivity index (χ2n) is 4.63. The fourth-order valence-corrected chi connectivity index (χ4v) is 2.29. The molecule has 1 saturated heterocycles. The molecule has 1 fully saturated rings. The van der Waals surface area contributed by atoms with Crippen LogP contribution in [0.25, 0.3) is 0 Å². The van der Waals surface area contributed by atoms with Crippen molar-refractivity contribution in [1.82, 2.24) is 9.97 Å². The number of ether oxygens (including phenoxy) is 2. The number of anilines is 1. The Morgan fingerprint density at radius 3 is 3.05 bits per heavy atom. The lowest BCUT2D eigenvalue weighted by Gasteiger charge is -2.15. The average molecular weight is 286 g/mol. The lowest BCUT2D eigenvalue weighted by molar-refractivity contribution is 0.108. The van der Waals surface area contributed by atoms with E-state index >= 15 is 0 Å². The van der Waals surface area contributed by atoms with Crippen LogP contribution in [0.15, 0.2) is 6.07 Å². The summed E-state index contributed by atoms with van der Waals surface area (Å²) >= 11 is 5.98. The van der Waals surface area contributed by atoms with Crippen molar-refractivity contribution in [2.24, 2.45) is 5.92 Å². The Kier molecular flexibility index (Phi) is 5.36. The highest BCUT2D eigenvalue weighted by atomic mass is 35.5. The molecule has 1 N–H and O–H groups in total. The number of aromatic nitrogens is 2. The third kappa shape index (κ3) is 4.30. The van der Waals surface area contributed by atoms with Gasteiger partial charge in [0.25, 0.3) is 0 Å². The van der Waals surface area contributed by atoms with Crippen molar-refractivity contribution in [3.05, 3.63) is 17.0 Å². The molecule has 0 aliphatic carbocycles. The molecular formula is C13H20ClN3O2. The van der Waals surface area contributed by atoms with E-state index in [1.165, 1.54) is 0 Å². The Labute approximate surface area is 118 Å². The van der Waals surface area contributed by atoms with Gasteiger partial charge in [-0.25, -0.2) is 9.97 Å². The molecular weight excluding hydrogens is 266 g/mol. The van der Waals surface area contributed by atoms with Crippen LogP contribution < -0.4 is 5.32 Å². The number of nitrogens with one attached hydrogen (secondary N) is 1. The quantitative estimate of drug-likeness (QED) is 0.814. The second kappa shape index (κ2) is 7.03. The number of halogens is 1. The average Bonchev–Trinajstić information content (AvgIpc) is 2.79. The van der Waals surface area contributed by atoms with E-state index in [1.807, 2.05) is 6.92 Å². The van der Waals surface area contributed by atoms with Crippen molar-refractivity contribution >= 4 is 17.4 Å². The first kappa shape index (κ1) is 14.5. The second-order valence-corrected chi connectivity index (χ2v) is 5.02. The van der Waals surface area contributed by atoms with Gasteiger partial charge in [0, 0.05) is 31.7 Å². The topological polar surface area (TPSA) is 56.3 Å². The molecule has 2 atom stereocenters. The van der Waals surface area contributed by atoms with Gasteiger partial charge in [-0.05, 0) is 20.3 Å². The predicted octanol–water partition coefficient (Wildman–Crippen LogP) is 2.50. The highest BCUT2D eigenvalue weighted by Gasteiger charge is 2.23. The third-order valence-corrected chi connectivity index (χ3v) is 3.45. The Balaban J connectivity index is 1.93. The lowest BCUT2D eigenvalue weighted by Crippen LogP contribution is -2.21. The smallest absolute Gasteiger partial charge is 0.158 e. The van der Waals surface area contributed by atoms with Crippen LogP contribution in [0.4, 0.5) is 5.82 Å². The van der Waals surface area contributed by atoms with Crippen molar-refractivity contribution in [3.8, 4) is 0 Å². The first-order chi connectivity index (χ1) is 9.19. The van der Waals surface area contributed by atoms with Gasteiger partial charge in [-0.15, -0.1) is 0 Å². The maximum atomic E-state index is 5.98. The predicted molar refractivity (Wildman–Crippen MR) is 74.4 cm³/mol. The standard InChI is InChI=1S/C13H20ClN3O2/c1-3-18-8-13-16-11(14)6-12(17-13)15-7-10-4-5-19-9(10)2/h6,9-10H,3-5,7-8H2,1-2H3,(H,15,16,17). The zero-order valence-corrected chi connectivity index (χ0v) is 12.1. The highest BCUT2D eigenvalue weighted by Crippen LogP contribution is 2.21. The van der Waals surface area contributed by atoms with Gasteiger partial charge >= 0.3 is 0 Å². The summed E-state index contributed by atoms with van der Waals surface area (Å²) in [5.41, 5.74) is 0. The molecule has 0 spiro atoms. The van der Waals surface area contributed by atoms with Crippen molar-refractivity contribution in [2.75, 3.05) is 25.1 Å². The van der Waals surface area contributed by atoms with Crippen LogP contribution in [0, 0.1) is 5.92 Å². The van der Waals surface area contributed by atoms with Crippen LogP contribution >= 0.6 is 11.6 Å². The van der Waals surface area contributed by atoms with E-state index in [4.69, 9.17) is 21.1 Å². The van der Waals surface area contributed by atoms with Gasteiger partial charge in [-0.3, -0.25) is 0 Å². The van der Waals surface area contributed by atoms with E-state index in [-0.39, 0.29) is 0 Å². The molecule has 1 aromatic heterocycles. The van der Waals surface area contributed by atoms with E-state index in [2.05, 4.69) is 22.2 Å². The minimum atomic E-state index is 0.299. The van der Waals surface area contributed by atoms with E-state index in [1.54, 1.807) is 6.07 Å². The summed E-state index contributed by atoms with van der Waals surface area (Å²) in [7, 11) is 0. The Morgan fingerprint density at radius 2 is 2.37 bits per heavy atom. The molecule has 0 saturated carbocycles. The normalized spacial score (nSPS) is 22.7. The van der Waals surface area contributed by atoms with Crippen molar-refractivity contribution < 1.29 is 9.47 Å². The molecule has 1 aliphatic heterocycles. The van der Waals surface area contributed by atoms with E-state index in [9.17, 15) is 0 Å². The fraction of sp³-hybridized carbons (Fsp3) is 0.692. The van der Waals surface area contributed by atoms with Gasteiger partial charge in [0.05, 0.1) is 6.10 Å². The molecule has 2 heterocycles. The number of rotatable bonds is 6. The van der Waals surface area contributed by atoms with Crippen LogP contribution in [-0.2, 0) is 16.1 Å². The van der Waals surface area contributed by atoms with Crippen LogP contribution in [0.2, 0.25) is 5.15 Å². The van der Waals surface area contributed by atoms with Crippen LogP contribution in [0.1, 0.15) is 26.1 Å². The molecule has 0 amide bonds.